The number of hydrogen-bond donors (Lipinski definition) is 2. The van der Waals surface area contributed by atoms with E-state index in [9.17, 15) is 0 Å². The van der Waals surface area contributed by atoms with Crippen LogP contribution in [0.5, 0.6) is 0 Å². The fraction of sp³-hybridized carbons (Fsp3) is 0. The van der Waals surface area contributed by atoms with Crippen LogP contribution in [0.3, 0.4) is 0 Å². The lowest BCUT2D eigenvalue weighted by molar-refractivity contribution is 1.18. The number of benzene rings is 6. The van der Waals surface area contributed by atoms with E-state index in [4.69, 9.17) is 11.5 Å². The Labute approximate surface area is 306 Å². The van der Waals surface area contributed by atoms with Crippen molar-refractivity contribution in [1.82, 2.24) is 0 Å². The largest absolute Gasteiger partial charge is 0.396 e. The van der Waals surface area contributed by atoms with Crippen molar-refractivity contribution in [3.05, 3.63) is 146 Å². The zero-order valence-corrected chi connectivity index (χ0v) is 29.8. The average molecular weight is 717 g/mol. The van der Waals surface area contributed by atoms with E-state index in [1.54, 1.807) is 22.7 Å². The first-order chi connectivity index (χ1) is 24.6. The quantitative estimate of drug-likeness (QED) is 0.177. The van der Waals surface area contributed by atoms with Crippen molar-refractivity contribution in [3.63, 3.8) is 0 Å². The SMILES string of the molecule is Nc1c(N)c(-c2ccc(N3c4ccccc4Sc4ccccc43)s2)c2ccccc2c1-c1ccc(N2c3ccccc3Sc3ccccc32)s1. The molecule has 0 spiro atoms. The molecule has 4 N–H and O–H groups in total. The molecule has 0 unspecified atom stereocenters. The highest BCUT2D eigenvalue weighted by molar-refractivity contribution is 8.00. The molecule has 8 heteroatoms. The van der Waals surface area contributed by atoms with Gasteiger partial charge in [0.1, 0.15) is 10.0 Å². The molecule has 2 aliphatic rings. The van der Waals surface area contributed by atoms with E-state index in [-0.39, 0.29) is 0 Å². The van der Waals surface area contributed by atoms with Gasteiger partial charge in [-0.05, 0) is 83.6 Å². The van der Waals surface area contributed by atoms with E-state index in [2.05, 4.69) is 155 Å². The molecule has 0 amide bonds. The van der Waals surface area contributed by atoms with Crippen molar-refractivity contribution in [2.24, 2.45) is 0 Å². The molecule has 50 heavy (non-hydrogen) atoms. The molecular formula is C42H28N4S4. The van der Waals surface area contributed by atoms with Crippen molar-refractivity contribution < 1.29 is 0 Å². The van der Waals surface area contributed by atoms with Crippen LogP contribution in [0.1, 0.15) is 0 Å². The van der Waals surface area contributed by atoms with Gasteiger partial charge in [-0.2, -0.15) is 0 Å². The third-order valence-electron chi connectivity index (χ3n) is 9.28. The highest BCUT2D eigenvalue weighted by Gasteiger charge is 2.29. The van der Waals surface area contributed by atoms with Gasteiger partial charge >= 0.3 is 0 Å². The summed E-state index contributed by atoms with van der Waals surface area (Å²) in [7, 11) is 0. The minimum atomic E-state index is 0.613. The molecule has 0 saturated carbocycles. The van der Waals surface area contributed by atoms with Gasteiger partial charge in [0.2, 0.25) is 0 Å². The van der Waals surface area contributed by atoms with Gasteiger partial charge in [0, 0.05) is 40.5 Å². The van der Waals surface area contributed by atoms with Crippen molar-refractivity contribution in [2.75, 3.05) is 21.3 Å². The van der Waals surface area contributed by atoms with Crippen LogP contribution >= 0.6 is 46.2 Å². The summed E-state index contributed by atoms with van der Waals surface area (Å²) >= 11 is 7.12. The summed E-state index contributed by atoms with van der Waals surface area (Å²) in [6.07, 6.45) is 0. The first-order valence-corrected chi connectivity index (χ1v) is 19.5. The Morgan fingerprint density at radius 1 is 0.360 bits per heavy atom. The minimum Gasteiger partial charge on any atom is -0.396 e. The number of thiophene rings is 2. The van der Waals surface area contributed by atoms with Crippen LogP contribution in [-0.4, -0.2) is 0 Å². The summed E-state index contributed by atoms with van der Waals surface area (Å²) < 4.78 is 0. The van der Waals surface area contributed by atoms with Crippen LogP contribution in [0.2, 0.25) is 0 Å². The van der Waals surface area contributed by atoms with Gasteiger partial charge in [0.05, 0.1) is 34.1 Å². The Balaban J connectivity index is 1.10. The van der Waals surface area contributed by atoms with E-state index in [1.807, 2.05) is 23.5 Å². The molecule has 0 bridgehead atoms. The van der Waals surface area contributed by atoms with Gasteiger partial charge in [0.25, 0.3) is 0 Å². The number of para-hydroxylation sites is 4. The number of anilines is 8. The summed E-state index contributed by atoms with van der Waals surface area (Å²) in [4.78, 5) is 11.9. The second-order valence-electron chi connectivity index (χ2n) is 12.1. The van der Waals surface area contributed by atoms with Crippen LogP contribution in [-0.2, 0) is 0 Å². The highest BCUT2D eigenvalue weighted by atomic mass is 32.2. The lowest BCUT2D eigenvalue weighted by atomic mass is 9.94. The molecule has 2 aromatic heterocycles. The average Bonchev–Trinajstić information content (AvgIpc) is 3.84. The minimum absolute atomic E-state index is 0.613. The third-order valence-corrected chi connectivity index (χ3v) is 13.7. The monoisotopic (exact) mass is 716 g/mol. The van der Waals surface area contributed by atoms with E-state index < -0.39 is 0 Å². The molecule has 2 aliphatic heterocycles. The first kappa shape index (κ1) is 29.8. The predicted molar refractivity (Wildman–Crippen MR) is 217 cm³/mol. The summed E-state index contributed by atoms with van der Waals surface area (Å²) in [5.41, 5.74) is 22.1. The Kier molecular flexibility index (Phi) is 6.99. The van der Waals surface area contributed by atoms with Crippen molar-refractivity contribution in [1.29, 1.82) is 0 Å². The molecule has 10 rings (SSSR count). The molecule has 240 valence electrons. The topological polar surface area (TPSA) is 58.5 Å². The second-order valence-corrected chi connectivity index (χ2v) is 16.4. The van der Waals surface area contributed by atoms with Gasteiger partial charge in [-0.15, -0.1) is 22.7 Å². The molecule has 6 aromatic carbocycles. The molecule has 8 aromatic rings. The highest BCUT2D eigenvalue weighted by Crippen LogP contribution is 2.57. The number of nitrogen functional groups attached to an aromatic ring is 2. The maximum Gasteiger partial charge on any atom is 0.101 e. The fourth-order valence-corrected chi connectivity index (χ4v) is 11.4. The predicted octanol–water partition coefficient (Wildman–Crippen LogP) is 13.3. The van der Waals surface area contributed by atoms with Gasteiger partial charge < -0.3 is 11.5 Å². The van der Waals surface area contributed by atoms with Crippen LogP contribution < -0.4 is 21.3 Å². The summed E-state index contributed by atoms with van der Waals surface area (Å²) in [6, 6.07) is 51.8. The fourth-order valence-electron chi connectivity index (χ4n) is 7.06. The van der Waals surface area contributed by atoms with Crippen LogP contribution in [0.15, 0.2) is 165 Å². The van der Waals surface area contributed by atoms with Crippen molar-refractivity contribution in [3.8, 4) is 20.9 Å². The number of hydrogen-bond acceptors (Lipinski definition) is 8. The molecular weight excluding hydrogens is 689 g/mol. The number of fused-ring (bicyclic) bond motifs is 5. The second kappa shape index (κ2) is 11.7. The van der Waals surface area contributed by atoms with Crippen LogP contribution in [0.4, 0.5) is 44.1 Å². The Bertz CT molecular complexity index is 2350. The summed E-state index contributed by atoms with van der Waals surface area (Å²) in [6.45, 7) is 0. The van der Waals surface area contributed by atoms with Gasteiger partial charge in [-0.25, -0.2) is 0 Å². The summed E-state index contributed by atoms with van der Waals surface area (Å²) in [5.74, 6) is 0. The van der Waals surface area contributed by atoms with Gasteiger partial charge in [-0.1, -0.05) is 96.3 Å². The van der Waals surface area contributed by atoms with Gasteiger partial charge in [-0.3, -0.25) is 9.80 Å². The molecule has 0 atom stereocenters. The van der Waals surface area contributed by atoms with Crippen molar-refractivity contribution in [2.45, 2.75) is 19.6 Å². The lowest BCUT2D eigenvalue weighted by Gasteiger charge is -2.31. The normalized spacial score (nSPS) is 13.1. The zero-order chi connectivity index (χ0) is 33.3. The van der Waals surface area contributed by atoms with Crippen LogP contribution in [0.25, 0.3) is 31.7 Å². The molecule has 4 heterocycles. The Morgan fingerprint density at radius 3 is 1.04 bits per heavy atom. The van der Waals surface area contributed by atoms with E-state index in [0.29, 0.717) is 11.4 Å². The smallest absolute Gasteiger partial charge is 0.101 e. The van der Waals surface area contributed by atoms with E-state index in [1.165, 1.54) is 42.3 Å². The summed E-state index contributed by atoms with van der Waals surface area (Å²) in [5, 5.41) is 4.46. The maximum atomic E-state index is 7.09. The molecule has 0 aliphatic carbocycles. The maximum absolute atomic E-state index is 7.09. The molecule has 0 saturated heterocycles. The van der Waals surface area contributed by atoms with Crippen LogP contribution in [0, 0.1) is 0 Å². The number of nitrogens with zero attached hydrogens (tertiary/aromatic N) is 2. The lowest BCUT2D eigenvalue weighted by Crippen LogP contribution is -2.13. The van der Waals surface area contributed by atoms with E-state index >= 15 is 0 Å². The standard InChI is InChI=1S/C42H28N4S4/c43-41-39(35-21-23-37(49-35)45-27-13-3-7-17-31(27)47-32-18-8-4-14-28(32)45)25-11-1-2-12-26(25)40(42(41)44)36-22-24-38(50-36)46-29-15-5-9-19-33(29)48-34-20-10-6-16-30(34)46/h1-24H,43-44H2. The zero-order valence-electron chi connectivity index (χ0n) is 26.5. The Morgan fingerprint density at radius 2 is 0.680 bits per heavy atom. The van der Waals surface area contributed by atoms with Gasteiger partial charge in [0.15, 0.2) is 0 Å². The van der Waals surface area contributed by atoms with E-state index in [0.717, 1.165) is 41.7 Å². The van der Waals surface area contributed by atoms with Crippen molar-refractivity contribution >= 4 is 101 Å². The number of rotatable bonds is 4. The number of nitrogens with two attached hydrogens (primary N) is 2. The molecule has 4 nitrogen and oxygen atoms in total. The Hall–Kier alpha value is -5.12. The molecule has 0 radical (unpaired) electrons. The third kappa shape index (κ3) is 4.60. The first-order valence-electron chi connectivity index (χ1n) is 16.3. The molecule has 0 fully saturated rings.